The van der Waals surface area contributed by atoms with E-state index in [1.165, 1.54) is 0 Å². The molecule has 2 heterocycles. The number of likely N-dealkylation sites (tertiary alicyclic amines) is 1. The maximum atomic E-state index is 12.9. The van der Waals surface area contributed by atoms with Crippen LogP contribution < -0.4 is 4.74 Å². The molecule has 0 bridgehead atoms. The Morgan fingerprint density at radius 1 is 1.41 bits per heavy atom. The first-order valence-corrected chi connectivity index (χ1v) is 9.01. The summed E-state index contributed by atoms with van der Waals surface area (Å²) in [5.41, 5.74) is 0.467. The number of nitrogens with zero attached hydrogens (tertiary/aromatic N) is 3. The number of aromatic nitrogens is 2. The van der Waals surface area contributed by atoms with Crippen LogP contribution >= 0.6 is 0 Å². The van der Waals surface area contributed by atoms with Crippen molar-refractivity contribution in [3.8, 4) is 5.75 Å². The van der Waals surface area contributed by atoms with Crippen molar-refractivity contribution in [3.63, 3.8) is 0 Å². The van der Waals surface area contributed by atoms with Gasteiger partial charge in [-0.2, -0.15) is 4.98 Å². The molecule has 0 radical (unpaired) electrons. The second kappa shape index (κ2) is 8.20. The summed E-state index contributed by atoms with van der Waals surface area (Å²) in [6, 6.07) is 6.58. The third-order valence-electron chi connectivity index (χ3n) is 4.47. The van der Waals surface area contributed by atoms with Crippen LogP contribution in [0.1, 0.15) is 60.6 Å². The van der Waals surface area contributed by atoms with Gasteiger partial charge in [-0.05, 0) is 31.0 Å². The minimum Gasteiger partial charge on any atom is -0.482 e. The highest BCUT2D eigenvalue weighted by Gasteiger charge is 2.29. The highest BCUT2D eigenvalue weighted by Crippen LogP contribution is 2.27. The van der Waals surface area contributed by atoms with Crippen LogP contribution in [-0.4, -0.2) is 51.7 Å². The van der Waals surface area contributed by atoms with Crippen LogP contribution in [0.2, 0.25) is 0 Å². The van der Waals surface area contributed by atoms with Gasteiger partial charge in [0.1, 0.15) is 5.75 Å². The largest absolute Gasteiger partial charge is 0.482 e. The Kier molecular flexibility index (Phi) is 5.73. The average Bonchev–Trinajstić information content (AvgIpc) is 3.17. The summed E-state index contributed by atoms with van der Waals surface area (Å²) in [4.78, 5) is 29.7. The highest BCUT2D eigenvalue weighted by atomic mass is 16.5. The van der Waals surface area contributed by atoms with Gasteiger partial charge < -0.3 is 19.3 Å². The maximum absolute atomic E-state index is 12.9. The van der Waals surface area contributed by atoms with Gasteiger partial charge in [0.25, 0.3) is 5.91 Å². The second-order valence-corrected chi connectivity index (χ2v) is 6.95. The third-order valence-corrected chi connectivity index (χ3v) is 4.47. The molecule has 1 aliphatic heterocycles. The molecule has 1 N–H and O–H groups in total. The normalized spacial score (nSPS) is 17.1. The smallest absolute Gasteiger partial charge is 0.341 e. The molecule has 1 aromatic carbocycles. The number of carboxylic acids is 1. The minimum absolute atomic E-state index is 0.0467. The number of benzene rings is 1. The molecule has 27 heavy (non-hydrogen) atoms. The van der Waals surface area contributed by atoms with E-state index in [9.17, 15) is 9.59 Å². The summed E-state index contributed by atoms with van der Waals surface area (Å²) in [6.07, 6.45) is 1.76. The summed E-state index contributed by atoms with van der Waals surface area (Å²) in [5.74, 6) is 0.647. The molecule has 2 aromatic rings. The van der Waals surface area contributed by atoms with E-state index in [1.807, 2.05) is 13.8 Å². The zero-order valence-electron chi connectivity index (χ0n) is 15.4. The molecule has 1 unspecified atom stereocenters. The number of hydrogen-bond acceptors (Lipinski definition) is 6. The van der Waals surface area contributed by atoms with Gasteiger partial charge >= 0.3 is 5.97 Å². The van der Waals surface area contributed by atoms with Crippen molar-refractivity contribution in [2.45, 2.75) is 38.5 Å². The Morgan fingerprint density at radius 3 is 2.93 bits per heavy atom. The molecule has 1 aliphatic rings. The zero-order valence-corrected chi connectivity index (χ0v) is 15.4. The SMILES string of the molecule is CC(C)c1nc(C2CCCN(C(=O)c3cccc(OCC(=O)O)c3)C2)no1. The lowest BCUT2D eigenvalue weighted by molar-refractivity contribution is -0.139. The van der Waals surface area contributed by atoms with E-state index in [2.05, 4.69) is 10.1 Å². The molecule has 0 spiro atoms. The number of aliphatic carboxylic acids is 1. The molecule has 0 aliphatic carbocycles. The Labute approximate surface area is 157 Å². The molecular formula is C19H23N3O5. The van der Waals surface area contributed by atoms with Gasteiger partial charge in [-0.1, -0.05) is 25.1 Å². The summed E-state index contributed by atoms with van der Waals surface area (Å²) >= 11 is 0. The van der Waals surface area contributed by atoms with E-state index in [4.69, 9.17) is 14.4 Å². The first-order valence-electron chi connectivity index (χ1n) is 9.01. The number of amides is 1. The number of hydrogen-bond donors (Lipinski definition) is 1. The lowest BCUT2D eigenvalue weighted by Gasteiger charge is -2.31. The van der Waals surface area contributed by atoms with E-state index in [0.29, 0.717) is 36.1 Å². The number of piperidine rings is 1. The van der Waals surface area contributed by atoms with Crippen molar-refractivity contribution in [1.29, 1.82) is 0 Å². The quantitative estimate of drug-likeness (QED) is 0.830. The highest BCUT2D eigenvalue weighted by molar-refractivity contribution is 5.94. The van der Waals surface area contributed by atoms with Gasteiger partial charge in [0, 0.05) is 30.5 Å². The molecule has 1 saturated heterocycles. The number of carbonyl (C=O) groups is 2. The van der Waals surface area contributed by atoms with Crippen molar-refractivity contribution in [1.82, 2.24) is 15.0 Å². The van der Waals surface area contributed by atoms with Gasteiger partial charge in [0.15, 0.2) is 12.4 Å². The van der Waals surface area contributed by atoms with Gasteiger partial charge in [0.2, 0.25) is 5.89 Å². The number of rotatable bonds is 6. The van der Waals surface area contributed by atoms with Gasteiger partial charge in [0.05, 0.1) is 0 Å². The first-order chi connectivity index (χ1) is 12.9. The molecule has 1 fully saturated rings. The summed E-state index contributed by atoms with van der Waals surface area (Å²) in [5, 5.41) is 12.8. The van der Waals surface area contributed by atoms with Gasteiger partial charge in [-0.25, -0.2) is 4.79 Å². The molecule has 3 rings (SSSR count). The topological polar surface area (TPSA) is 106 Å². The molecule has 8 nitrogen and oxygen atoms in total. The van der Waals surface area contributed by atoms with Crippen LogP contribution in [0.25, 0.3) is 0 Å². The van der Waals surface area contributed by atoms with Crippen LogP contribution in [0.3, 0.4) is 0 Å². The molecule has 8 heteroatoms. The molecule has 0 saturated carbocycles. The first kappa shape index (κ1) is 18.9. The van der Waals surface area contributed by atoms with E-state index in [-0.39, 0.29) is 17.7 Å². The van der Waals surface area contributed by atoms with Crippen molar-refractivity contribution in [2.24, 2.45) is 0 Å². The van der Waals surface area contributed by atoms with Crippen molar-refractivity contribution in [2.75, 3.05) is 19.7 Å². The van der Waals surface area contributed by atoms with E-state index < -0.39 is 12.6 Å². The molecule has 1 amide bonds. The Balaban J connectivity index is 1.69. The van der Waals surface area contributed by atoms with E-state index >= 15 is 0 Å². The Hall–Kier alpha value is -2.90. The van der Waals surface area contributed by atoms with Crippen molar-refractivity contribution in [3.05, 3.63) is 41.5 Å². The summed E-state index contributed by atoms with van der Waals surface area (Å²) in [6.45, 7) is 4.72. The lowest BCUT2D eigenvalue weighted by atomic mass is 9.96. The maximum Gasteiger partial charge on any atom is 0.341 e. The van der Waals surface area contributed by atoms with Crippen molar-refractivity contribution < 1.29 is 24.0 Å². The van der Waals surface area contributed by atoms with Crippen molar-refractivity contribution >= 4 is 11.9 Å². The average molecular weight is 373 g/mol. The van der Waals surface area contributed by atoms with Crippen LogP contribution in [0.15, 0.2) is 28.8 Å². The third kappa shape index (κ3) is 4.64. The molecular weight excluding hydrogens is 350 g/mol. The van der Waals surface area contributed by atoms with Gasteiger partial charge in [-0.15, -0.1) is 0 Å². The van der Waals surface area contributed by atoms with Gasteiger partial charge in [-0.3, -0.25) is 4.79 Å². The summed E-state index contributed by atoms with van der Waals surface area (Å²) < 4.78 is 10.5. The fraction of sp³-hybridized carbons (Fsp3) is 0.474. The molecule has 1 atom stereocenters. The predicted octanol–water partition coefficient (Wildman–Crippen LogP) is 2.68. The molecule has 144 valence electrons. The van der Waals surface area contributed by atoms with Crippen LogP contribution in [0.4, 0.5) is 0 Å². The second-order valence-electron chi connectivity index (χ2n) is 6.95. The van der Waals surface area contributed by atoms with E-state index in [1.54, 1.807) is 29.2 Å². The standard InChI is InChI=1S/C19H23N3O5/c1-12(2)18-20-17(21-27-18)14-6-4-8-22(10-14)19(25)13-5-3-7-15(9-13)26-11-16(23)24/h3,5,7,9,12,14H,4,6,8,10-11H2,1-2H3,(H,23,24). The number of carboxylic acid groups (broad SMARTS) is 1. The predicted molar refractivity (Wildman–Crippen MR) is 95.8 cm³/mol. The lowest BCUT2D eigenvalue weighted by Crippen LogP contribution is -2.39. The number of ether oxygens (including phenoxy) is 1. The summed E-state index contributed by atoms with van der Waals surface area (Å²) in [7, 11) is 0. The minimum atomic E-state index is -1.06. The fourth-order valence-electron chi connectivity index (χ4n) is 3.07. The Bertz CT molecular complexity index is 817. The van der Waals surface area contributed by atoms with E-state index in [0.717, 1.165) is 12.8 Å². The van der Waals surface area contributed by atoms with Crippen LogP contribution in [0, 0.1) is 0 Å². The zero-order chi connectivity index (χ0) is 19.4. The molecule has 1 aromatic heterocycles. The Morgan fingerprint density at radius 2 is 2.22 bits per heavy atom. The fourth-order valence-corrected chi connectivity index (χ4v) is 3.07. The van der Waals surface area contributed by atoms with Crippen LogP contribution in [-0.2, 0) is 4.79 Å². The number of carbonyl (C=O) groups excluding carboxylic acids is 1. The monoisotopic (exact) mass is 373 g/mol. The van der Waals surface area contributed by atoms with Crippen LogP contribution in [0.5, 0.6) is 5.75 Å².